The largest absolute Gasteiger partial charge is 0.495 e. The van der Waals surface area contributed by atoms with Gasteiger partial charge in [0.2, 0.25) is 5.91 Å². The molecule has 2 aromatic carbocycles. The lowest BCUT2D eigenvalue weighted by atomic mass is 9.78. The third-order valence-corrected chi connectivity index (χ3v) is 12.1. The minimum Gasteiger partial charge on any atom is -0.495 e. The van der Waals surface area contributed by atoms with Crippen molar-refractivity contribution in [3.05, 3.63) is 82.5 Å². The highest BCUT2D eigenvalue weighted by molar-refractivity contribution is 6.35. The predicted octanol–water partition coefficient (Wildman–Crippen LogP) is 5.21. The quantitative estimate of drug-likeness (QED) is 0.189. The molecule has 0 spiro atoms. The molecule has 310 valence electrons. The average Bonchev–Trinajstić information content (AvgIpc) is 3.89. The summed E-state index contributed by atoms with van der Waals surface area (Å²) in [7, 11) is 6.00. The Morgan fingerprint density at radius 3 is 2.64 bits per heavy atom. The number of aliphatic hydroxyl groups is 1. The minimum atomic E-state index is -1.60. The number of nitrogens with two attached hydrogens (primary N) is 1. The van der Waals surface area contributed by atoms with Crippen molar-refractivity contribution in [1.82, 2.24) is 9.88 Å². The van der Waals surface area contributed by atoms with Crippen molar-refractivity contribution in [3.8, 4) is 5.75 Å². The van der Waals surface area contributed by atoms with Crippen LogP contribution in [-0.4, -0.2) is 109 Å². The number of nitrogens with zero attached hydrogens (tertiary/aromatic N) is 3. The number of hydrogen-bond acceptors (Lipinski definition) is 12. The lowest BCUT2D eigenvalue weighted by Gasteiger charge is -2.41. The van der Waals surface area contributed by atoms with Gasteiger partial charge in [-0.05, 0) is 69.2 Å². The van der Waals surface area contributed by atoms with Gasteiger partial charge in [0.15, 0.2) is 0 Å². The number of epoxide rings is 1. The van der Waals surface area contributed by atoms with E-state index in [2.05, 4.69) is 4.98 Å². The first-order chi connectivity index (χ1) is 27.4. The van der Waals surface area contributed by atoms with Crippen LogP contribution in [0.5, 0.6) is 5.75 Å². The molecule has 3 aromatic rings. The second-order valence-corrected chi connectivity index (χ2v) is 16.1. The van der Waals surface area contributed by atoms with Gasteiger partial charge in [0.05, 0.1) is 42.8 Å². The highest BCUT2D eigenvalue weighted by Crippen LogP contribution is 2.50. The van der Waals surface area contributed by atoms with Gasteiger partial charge in [-0.25, -0.2) is 4.79 Å². The molecular weight excluding hydrogens is 768 g/mol. The van der Waals surface area contributed by atoms with Gasteiger partial charge in [0.1, 0.15) is 46.3 Å². The first kappa shape index (κ1) is 42.6. The fourth-order valence-corrected chi connectivity index (χ4v) is 8.30. The van der Waals surface area contributed by atoms with Gasteiger partial charge in [0.25, 0.3) is 5.91 Å². The minimum absolute atomic E-state index is 0.0380. The first-order valence-corrected chi connectivity index (χ1v) is 19.5. The Morgan fingerprint density at radius 2 is 1.93 bits per heavy atom. The van der Waals surface area contributed by atoms with Crippen LogP contribution in [-0.2, 0) is 39.8 Å². The summed E-state index contributed by atoms with van der Waals surface area (Å²) >= 11 is 6.80. The second kappa shape index (κ2) is 16.7. The van der Waals surface area contributed by atoms with Crippen molar-refractivity contribution in [2.24, 2.45) is 5.92 Å². The Labute approximate surface area is 342 Å². The monoisotopic (exact) mass is 818 g/mol. The first-order valence-electron chi connectivity index (χ1n) is 19.1. The molecule has 0 aliphatic carbocycles. The third-order valence-electron chi connectivity index (χ3n) is 11.7. The van der Waals surface area contributed by atoms with Crippen molar-refractivity contribution in [1.29, 1.82) is 0 Å². The molecule has 4 heterocycles. The number of amides is 2. The van der Waals surface area contributed by atoms with E-state index in [0.717, 1.165) is 11.1 Å². The summed E-state index contributed by atoms with van der Waals surface area (Å²) in [4.78, 5) is 62.3. The topological polar surface area (TPSA) is 183 Å². The number of allylic oxidation sites excluding steroid dienone is 3. The number of carbonyl (C=O) groups excluding carboxylic acids is 4. The van der Waals surface area contributed by atoms with Gasteiger partial charge in [-0.15, -0.1) is 0 Å². The zero-order chi connectivity index (χ0) is 42.3. The van der Waals surface area contributed by atoms with Crippen LogP contribution in [0.25, 0.3) is 10.9 Å². The van der Waals surface area contributed by atoms with Crippen LogP contribution in [0.1, 0.15) is 62.9 Å². The smallest absolute Gasteiger partial charge is 0.328 e. The molecule has 3 aliphatic heterocycles. The molecule has 6 rings (SSSR count). The van der Waals surface area contributed by atoms with Crippen molar-refractivity contribution in [2.75, 3.05) is 38.9 Å². The fourth-order valence-electron chi connectivity index (χ4n) is 7.99. The number of rotatable bonds is 6. The summed E-state index contributed by atoms with van der Waals surface area (Å²) in [6.07, 6.45) is 3.27. The van der Waals surface area contributed by atoms with Crippen LogP contribution in [0, 0.1) is 5.92 Å². The van der Waals surface area contributed by atoms with Crippen molar-refractivity contribution in [2.45, 2.75) is 95.0 Å². The molecule has 3 aliphatic rings. The number of benzene rings is 2. The van der Waals surface area contributed by atoms with Gasteiger partial charge in [-0.2, -0.15) is 0 Å². The van der Waals surface area contributed by atoms with Crippen LogP contribution in [0.3, 0.4) is 0 Å². The maximum atomic E-state index is 14.3. The van der Waals surface area contributed by atoms with Crippen LogP contribution in [0.4, 0.5) is 11.4 Å². The summed E-state index contributed by atoms with van der Waals surface area (Å²) in [6.45, 7) is 6.99. The van der Waals surface area contributed by atoms with E-state index < -0.39 is 71.3 Å². The third kappa shape index (κ3) is 8.28. The van der Waals surface area contributed by atoms with E-state index in [1.54, 1.807) is 68.7 Å². The van der Waals surface area contributed by atoms with Gasteiger partial charge in [-0.1, -0.05) is 42.3 Å². The summed E-state index contributed by atoms with van der Waals surface area (Å²) < 4.78 is 29.6. The highest BCUT2D eigenvalue weighted by Gasteiger charge is 2.64. The molecular formula is C43H51ClN4O10. The van der Waals surface area contributed by atoms with Crippen LogP contribution >= 0.6 is 11.6 Å². The van der Waals surface area contributed by atoms with E-state index in [4.69, 9.17) is 41.0 Å². The molecule has 4 bridgehead atoms. The molecule has 0 unspecified atom stereocenters. The number of anilines is 2. The second-order valence-electron chi connectivity index (χ2n) is 15.7. The van der Waals surface area contributed by atoms with Gasteiger partial charge in [0, 0.05) is 50.8 Å². The van der Waals surface area contributed by atoms with Gasteiger partial charge in [-0.3, -0.25) is 19.4 Å². The summed E-state index contributed by atoms with van der Waals surface area (Å²) in [6, 6.07) is 9.11. The number of halogens is 1. The molecule has 0 radical (unpaired) electrons. The molecule has 1 aromatic heterocycles. The van der Waals surface area contributed by atoms with Crippen LogP contribution in [0.2, 0.25) is 5.02 Å². The molecule has 15 heteroatoms. The molecule has 2 saturated heterocycles. The summed E-state index contributed by atoms with van der Waals surface area (Å²) in [5.41, 5.74) is 6.49. The number of ether oxygens (including phenoxy) is 5. The SMILES string of the molecule is COc1cc2cc(c1Cl)N(C)C(=O)C[C@H](OC(=O)[C@H](C)N(C)C(=O)c1ccc(N)c3cccnc13)[C@]1(C)O[C@H]1[C@H](C)[C@@H]1C[C@@](O)(CC(=O)O1)[C@H](OC)/C=C/C=C(\C)C2. The van der Waals surface area contributed by atoms with E-state index in [1.165, 1.54) is 38.0 Å². The van der Waals surface area contributed by atoms with Crippen LogP contribution in [0.15, 0.2) is 66.4 Å². The van der Waals surface area contributed by atoms with Gasteiger partial charge >= 0.3 is 11.9 Å². The zero-order valence-electron chi connectivity index (χ0n) is 34.0. The van der Waals surface area contributed by atoms with E-state index in [9.17, 15) is 24.3 Å². The average molecular weight is 819 g/mol. The lowest BCUT2D eigenvalue weighted by molar-refractivity contribution is -0.187. The normalized spacial score (nSPS) is 29.7. The number of carbonyl (C=O) groups is 4. The zero-order valence-corrected chi connectivity index (χ0v) is 34.7. The van der Waals surface area contributed by atoms with Crippen molar-refractivity contribution >= 4 is 57.6 Å². The van der Waals surface area contributed by atoms with E-state index in [-0.39, 0.29) is 29.8 Å². The maximum absolute atomic E-state index is 14.3. The number of nitrogen functional groups attached to an aromatic ring is 1. The Kier molecular flexibility index (Phi) is 12.3. The molecule has 58 heavy (non-hydrogen) atoms. The standard InChI is InChI=1S/C43H51ClN4O10/c1-23-11-9-13-33(55-8)43(53)21-32(56-36(50)22-43)24(2)39-42(4,58-39)34(20-35(49)48(6)30-18-26(17-23)19-31(54-7)37(30)44)57-41(52)25(3)47(5)40(51)28-14-15-29(45)27-12-10-16-46-38(27)28/h9-16,18-19,24-25,32-34,39,53H,17,20-22,45H2,1-8H3/b13-9+,23-11+/t24-,25+,32+,33-,34+,39+,42+,43-/m1/s1. The maximum Gasteiger partial charge on any atom is 0.328 e. The number of methoxy groups -OCH3 is 2. The van der Waals surface area contributed by atoms with Crippen molar-refractivity contribution < 1.29 is 48.0 Å². The van der Waals surface area contributed by atoms with Gasteiger partial charge < -0.3 is 44.3 Å². The Balaban J connectivity index is 1.35. The molecule has 2 amide bonds. The Hall–Kier alpha value is -5.02. The number of fused-ring (bicyclic) bond motifs is 6. The predicted molar refractivity (Wildman–Crippen MR) is 218 cm³/mol. The molecule has 3 N–H and O–H groups in total. The number of hydrogen-bond donors (Lipinski definition) is 2. The summed E-state index contributed by atoms with van der Waals surface area (Å²) in [5.74, 6) is -2.49. The molecule has 8 atom stereocenters. The highest BCUT2D eigenvalue weighted by atomic mass is 35.5. The van der Waals surface area contributed by atoms with Crippen LogP contribution < -0.4 is 15.4 Å². The van der Waals surface area contributed by atoms with E-state index >= 15 is 0 Å². The van der Waals surface area contributed by atoms with E-state index in [1.807, 2.05) is 19.9 Å². The fraction of sp³-hybridized carbons (Fsp3) is 0.465. The van der Waals surface area contributed by atoms with Crippen molar-refractivity contribution in [3.63, 3.8) is 0 Å². The molecule has 2 fully saturated rings. The molecule has 0 saturated carbocycles. The Bertz CT molecular complexity index is 2180. The number of likely N-dealkylation sites (N-methyl/N-ethyl adjacent to an activating group) is 1. The Morgan fingerprint density at radius 1 is 1.19 bits per heavy atom. The lowest BCUT2D eigenvalue weighted by Crippen LogP contribution is -2.53. The molecule has 14 nitrogen and oxygen atoms in total. The number of pyridine rings is 1. The summed E-state index contributed by atoms with van der Waals surface area (Å²) in [5, 5.41) is 12.7. The van der Waals surface area contributed by atoms with E-state index in [0.29, 0.717) is 34.4 Å². The number of esters is 2. The number of aromatic nitrogens is 1.